The van der Waals surface area contributed by atoms with Crippen molar-refractivity contribution < 1.29 is 19.1 Å². The van der Waals surface area contributed by atoms with Gasteiger partial charge in [0.15, 0.2) is 5.78 Å². The Bertz CT molecular complexity index is 879. The van der Waals surface area contributed by atoms with Crippen molar-refractivity contribution in [3.05, 3.63) is 69.2 Å². The normalized spacial score (nSPS) is 11.6. The predicted molar refractivity (Wildman–Crippen MR) is 111 cm³/mol. The van der Waals surface area contributed by atoms with Gasteiger partial charge < -0.3 is 10.1 Å². The van der Waals surface area contributed by atoms with Crippen LogP contribution in [0.2, 0.25) is 0 Å². The van der Waals surface area contributed by atoms with E-state index in [2.05, 4.69) is 21.2 Å². The van der Waals surface area contributed by atoms with Gasteiger partial charge in [-0.2, -0.15) is 0 Å². The maximum Gasteiger partial charge on any atom is 0.307 e. The summed E-state index contributed by atoms with van der Waals surface area (Å²) in [6, 6.07) is 12.6. The molecule has 0 aliphatic heterocycles. The quantitative estimate of drug-likeness (QED) is 0.481. The van der Waals surface area contributed by atoms with Crippen molar-refractivity contribution in [3.63, 3.8) is 0 Å². The smallest absolute Gasteiger partial charge is 0.307 e. The van der Waals surface area contributed by atoms with Crippen molar-refractivity contribution in [1.29, 1.82) is 0 Å². The van der Waals surface area contributed by atoms with Crippen molar-refractivity contribution in [3.8, 4) is 0 Å². The van der Waals surface area contributed by atoms with Gasteiger partial charge in [-0.3, -0.25) is 14.4 Å². The average Bonchev–Trinajstić information content (AvgIpc) is 2.67. The van der Waals surface area contributed by atoms with E-state index in [0.717, 1.165) is 21.2 Å². The molecule has 2 aromatic carbocycles. The van der Waals surface area contributed by atoms with Crippen LogP contribution in [0, 0.1) is 13.8 Å². The molecule has 1 amide bonds. The lowest BCUT2D eigenvalue weighted by atomic mass is 9.99. The third-order valence-electron chi connectivity index (χ3n) is 4.46. The fourth-order valence-corrected chi connectivity index (χ4v) is 3.31. The Morgan fingerprint density at radius 1 is 1.07 bits per heavy atom. The van der Waals surface area contributed by atoms with Crippen LogP contribution in [0.15, 0.2) is 46.9 Å². The molecule has 0 saturated heterocycles. The molecule has 5 nitrogen and oxygen atoms in total. The SMILES string of the molecule is COC(=O)CC(NC(=O)CCC(=O)c1cc(C)ccc1C)c1cccc(Br)c1. The van der Waals surface area contributed by atoms with Crippen molar-refractivity contribution in [2.45, 2.75) is 39.2 Å². The Kier molecular flexibility index (Phi) is 7.93. The first-order valence-electron chi connectivity index (χ1n) is 9.02. The van der Waals surface area contributed by atoms with E-state index in [1.165, 1.54) is 7.11 Å². The number of carbonyl (C=O) groups excluding carboxylic acids is 3. The van der Waals surface area contributed by atoms with E-state index in [0.29, 0.717) is 5.56 Å². The Morgan fingerprint density at radius 2 is 1.82 bits per heavy atom. The maximum atomic E-state index is 12.5. The average molecular weight is 446 g/mol. The van der Waals surface area contributed by atoms with Crippen molar-refractivity contribution in [1.82, 2.24) is 5.32 Å². The van der Waals surface area contributed by atoms with Crippen molar-refractivity contribution in [2.24, 2.45) is 0 Å². The highest BCUT2D eigenvalue weighted by Gasteiger charge is 2.20. The molecule has 1 atom stereocenters. The topological polar surface area (TPSA) is 72.5 Å². The summed E-state index contributed by atoms with van der Waals surface area (Å²) < 4.78 is 5.58. The largest absolute Gasteiger partial charge is 0.469 e. The summed E-state index contributed by atoms with van der Waals surface area (Å²) >= 11 is 3.39. The van der Waals surface area contributed by atoms with Gasteiger partial charge in [0.05, 0.1) is 19.6 Å². The summed E-state index contributed by atoms with van der Waals surface area (Å²) in [6.45, 7) is 3.81. The molecule has 0 aromatic heterocycles. The summed E-state index contributed by atoms with van der Waals surface area (Å²) in [5, 5.41) is 2.85. The number of ether oxygens (including phenoxy) is 1. The molecule has 0 heterocycles. The number of aryl methyl sites for hydroxylation is 2. The number of hydrogen-bond acceptors (Lipinski definition) is 4. The van der Waals surface area contributed by atoms with Crippen LogP contribution < -0.4 is 5.32 Å². The van der Waals surface area contributed by atoms with E-state index >= 15 is 0 Å². The first-order valence-corrected chi connectivity index (χ1v) is 9.81. The monoisotopic (exact) mass is 445 g/mol. The van der Waals surface area contributed by atoms with E-state index in [-0.39, 0.29) is 31.0 Å². The number of carbonyl (C=O) groups is 3. The molecule has 0 aliphatic rings. The zero-order valence-corrected chi connectivity index (χ0v) is 17.8. The first-order chi connectivity index (χ1) is 13.3. The van der Waals surface area contributed by atoms with Gasteiger partial charge in [-0.05, 0) is 43.2 Å². The molecular formula is C22H24BrNO4. The molecule has 0 saturated carbocycles. The van der Waals surface area contributed by atoms with Crippen molar-refractivity contribution >= 4 is 33.6 Å². The lowest BCUT2D eigenvalue weighted by Gasteiger charge is -2.18. The lowest BCUT2D eigenvalue weighted by Crippen LogP contribution is -2.30. The highest BCUT2D eigenvalue weighted by Crippen LogP contribution is 2.22. The van der Waals surface area contributed by atoms with Gasteiger partial charge >= 0.3 is 5.97 Å². The molecule has 0 radical (unpaired) electrons. The fraction of sp³-hybridized carbons (Fsp3) is 0.318. The van der Waals surface area contributed by atoms with E-state index in [4.69, 9.17) is 4.74 Å². The predicted octanol–water partition coefficient (Wildman–Crippen LogP) is 4.45. The molecule has 0 fully saturated rings. The highest BCUT2D eigenvalue weighted by atomic mass is 79.9. The van der Waals surface area contributed by atoms with Crippen molar-refractivity contribution in [2.75, 3.05) is 7.11 Å². The number of benzene rings is 2. The van der Waals surface area contributed by atoms with Gasteiger partial charge in [0.2, 0.25) is 5.91 Å². The van der Waals surface area contributed by atoms with Crippen LogP contribution in [0.3, 0.4) is 0 Å². The van der Waals surface area contributed by atoms with E-state index in [1.54, 1.807) is 0 Å². The van der Waals surface area contributed by atoms with Gasteiger partial charge in [0.1, 0.15) is 0 Å². The molecule has 1 unspecified atom stereocenters. The molecule has 0 spiro atoms. The van der Waals surface area contributed by atoms with Crippen LogP contribution in [0.25, 0.3) is 0 Å². The second-order valence-corrected chi connectivity index (χ2v) is 7.61. The molecule has 1 N–H and O–H groups in total. The standard InChI is InChI=1S/C22H24BrNO4/c1-14-7-8-15(2)18(11-14)20(25)9-10-21(26)24-19(13-22(27)28-3)16-5-4-6-17(23)12-16/h4-8,11-12,19H,9-10,13H2,1-3H3,(H,24,26). The van der Waals surface area contributed by atoms with Gasteiger partial charge in [0, 0.05) is 22.9 Å². The Balaban J connectivity index is 2.03. The highest BCUT2D eigenvalue weighted by molar-refractivity contribution is 9.10. The van der Waals surface area contributed by atoms with Gasteiger partial charge in [-0.25, -0.2) is 0 Å². The van der Waals surface area contributed by atoms with E-state index in [9.17, 15) is 14.4 Å². The van der Waals surface area contributed by atoms with Gasteiger partial charge in [0.25, 0.3) is 0 Å². The molecule has 28 heavy (non-hydrogen) atoms. The minimum Gasteiger partial charge on any atom is -0.469 e. The second-order valence-electron chi connectivity index (χ2n) is 6.70. The Morgan fingerprint density at radius 3 is 2.50 bits per heavy atom. The van der Waals surface area contributed by atoms with E-state index < -0.39 is 12.0 Å². The first kappa shape index (κ1) is 21.8. The molecular weight excluding hydrogens is 422 g/mol. The molecule has 2 rings (SSSR count). The molecule has 2 aromatic rings. The summed E-state index contributed by atoms with van der Waals surface area (Å²) in [5.74, 6) is -0.771. The number of ketones is 1. The zero-order valence-electron chi connectivity index (χ0n) is 16.3. The number of methoxy groups -OCH3 is 1. The second kappa shape index (κ2) is 10.2. The summed E-state index contributed by atoms with van der Waals surface area (Å²) in [5.41, 5.74) is 3.33. The number of amides is 1. The number of esters is 1. The molecule has 0 aliphatic carbocycles. The summed E-state index contributed by atoms with van der Waals surface area (Å²) in [7, 11) is 1.31. The molecule has 0 bridgehead atoms. The maximum absolute atomic E-state index is 12.5. The van der Waals surface area contributed by atoms with Crippen LogP contribution in [-0.2, 0) is 14.3 Å². The summed E-state index contributed by atoms with van der Waals surface area (Å²) in [6.07, 6.45) is 0.182. The van der Waals surface area contributed by atoms with Crippen LogP contribution in [0.1, 0.15) is 52.4 Å². The fourth-order valence-electron chi connectivity index (χ4n) is 2.89. The lowest BCUT2D eigenvalue weighted by molar-refractivity contribution is -0.141. The van der Waals surface area contributed by atoms with Gasteiger partial charge in [-0.1, -0.05) is 45.8 Å². The number of Topliss-reactive ketones (excluding diaryl/α,β-unsaturated/α-hetero) is 1. The van der Waals surface area contributed by atoms with Crippen LogP contribution in [-0.4, -0.2) is 24.8 Å². The Labute approximate surface area is 173 Å². The number of hydrogen-bond donors (Lipinski definition) is 1. The summed E-state index contributed by atoms with van der Waals surface area (Å²) in [4.78, 5) is 36.7. The van der Waals surface area contributed by atoms with Crippen LogP contribution in [0.4, 0.5) is 0 Å². The molecule has 6 heteroatoms. The van der Waals surface area contributed by atoms with Crippen LogP contribution >= 0.6 is 15.9 Å². The zero-order chi connectivity index (χ0) is 20.7. The van der Waals surface area contributed by atoms with Crippen LogP contribution in [0.5, 0.6) is 0 Å². The number of halogens is 1. The molecule has 148 valence electrons. The third-order valence-corrected chi connectivity index (χ3v) is 4.95. The minimum atomic E-state index is -0.520. The van der Waals surface area contributed by atoms with Gasteiger partial charge in [-0.15, -0.1) is 0 Å². The Hall–Kier alpha value is -2.47. The number of nitrogens with one attached hydrogen (secondary N) is 1. The number of rotatable bonds is 8. The third kappa shape index (κ3) is 6.30. The van der Waals surface area contributed by atoms with E-state index in [1.807, 2.05) is 56.3 Å². The minimum absolute atomic E-state index is 0.0175.